The van der Waals surface area contributed by atoms with Crippen molar-refractivity contribution in [2.45, 2.75) is 53.6 Å². The standard InChI is InChI=1S/C27H33FN2O5S2/c1-19-15-20(2)18-30(17-19)37(32,33)23-7-8-25(36-22-5-3-21(28)4-6-22)24(16-23)26(31)29-11-9-27(10-12-29)34-13-14-35-27/h3-8,16,19-20H,9-15,17-18H2,1-2H3. The molecule has 3 fully saturated rings. The number of benzene rings is 2. The van der Waals surface area contributed by atoms with Crippen LogP contribution in [0.15, 0.2) is 57.2 Å². The van der Waals surface area contributed by atoms with E-state index < -0.39 is 15.8 Å². The molecule has 200 valence electrons. The third-order valence-corrected chi connectivity index (χ3v) is 10.2. The summed E-state index contributed by atoms with van der Waals surface area (Å²) in [5.41, 5.74) is 0.331. The zero-order valence-corrected chi connectivity index (χ0v) is 22.8. The van der Waals surface area contributed by atoms with Crippen LogP contribution in [0.1, 0.15) is 43.5 Å². The van der Waals surface area contributed by atoms with Crippen LogP contribution < -0.4 is 0 Å². The summed E-state index contributed by atoms with van der Waals surface area (Å²) in [5, 5.41) is 0. The summed E-state index contributed by atoms with van der Waals surface area (Å²) in [6.45, 7) is 7.09. The number of sulfonamides is 1. The van der Waals surface area contributed by atoms with Gasteiger partial charge in [-0.3, -0.25) is 4.79 Å². The first-order valence-electron chi connectivity index (χ1n) is 12.8. The molecule has 2 aromatic carbocycles. The first-order chi connectivity index (χ1) is 17.6. The van der Waals surface area contributed by atoms with Crippen LogP contribution in [0.5, 0.6) is 0 Å². The lowest BCUT2D eigenvalue weighted by molar-refractivity contribution is -0.181. The Morgan fingerprint density at radius 3 is 2.24 bits per heavy atom. The van der Waals surface area contributed by atoms with Crippen molar-refractivity contribution >= 4 is 27.7 Å². The lowest BCUT2D eigenvalue weighted by Gasteiger charge is -2.37. The third-order valence-electron chi connectivity index (χ3n) is 7.32. The number of carbonyl (C=O) groups is 1. The van der Waals surface area contributed by atoms with Gasteiger partial charge in [0.25, 0.3) is 5.91 Å². The van der Waals surface area contributed by atoms with E-state index in [4.69, 9.17) is 9.47 Å². The van der Waals surface area contributed by atoms with Crippen molar-refractivity contribution in [1.82, 2.24) is 9.21 Å². The van der Waals surface area contributed by atoms with Crippen molar-refractivity contribution in [2.24, 2.45) is 11.8 Å². The number of nitrogens with zero attached hydrogens (tertiary/aromatic N) is 2. The van der Waals surface area contributed by atoms with Crippen LogP contribution in [0.4, 0.5) is 4.39 Å². The molecule has 10 heteroatoms. The molecule has 0 radical (unpaired) electrons. The molecule has 0 saturated carbocycles. The van der Waals surface area contributed by atoms with Crippen molar-refractivity contribution < 1.29 is 27.1 Å². The van der Waals surface area contributed by atoms with Gasteiger partial charge in [-0.15, -0.1) is 0 Å². The van der Waals surface area contributed by atoms with Crippen molar-refractivity contribution in [3.63, 3.8) is 0 Å². The molecule has 3 heterocycles. The second kappa shape index (κ2) is 10.6. The number of hydrogen-bond donors (Lipinski definition) is 0. The van der Waals surface area contributed by atoms with Gasteiger partial charge in [-0.05, 0) is 60.7 Å². The molecule has 1 spiro atoms. The zero-order chi connectivity index (χ0) is 26.2. The summed E-state index contributed by atoms with van der Waals surface area (Å²) in [5.74, 6) is -0.641. The van der Waals surface area contributed by atoms with Gasteiger partial charge in [0.2, 0.25) is 10.0 Å². The van der Waals surface area contributed by atoms with Gasteiger partial charge >= 0.3 is 0 Å². The van der Waals surface area contributed by atoms with E-state index in [0.717, 1.165) is 11.3 Å². The number of amides is 1. The van der Waals surface area contributed by atoms with Crippen LogP contribution in [0, 0.1) is 17.7 Å². The maximum Gasteiger partial charge on any atom is 0.255 e. The Hall–Kier alpha value is -1.98. The van der Waals surface area contributed by atoms with E-state index in [0.29, 0.717) is 62.7 Å². The predicted molar refractivity (Wildman–Crippen MR) is 138 cm³/mol. The molecule has 0 aromatic heterocycles. The molecule has 2 atom stereocenters. The molecule has 2 unspecified atom stereocenters. The summed E-state index contributed by atoms with van der Waals surface area (Å²) in [7, 11) is -3.76. The summed E-state index contributed by atoms with van der Waals surface area (Å²) in [4.78, 5) is 17.0. The number of carbonyl (C=O) groups excluding carboxylic acids is 1. The minimum absolute atomic E-state index is 0.122. The molecule has 2 aromatic rings. The van der Waals surface area contributed by atoms with E-state index in [1.165, 1.54) is 30.0 Å². The molecule has 3 saturated heterocycles. The maximum atomic E-state index is 13.8. The molecular weight excluding hydrogens is 515 g/mol. The first kappa shape index (κ1) is 26.6. The largest absolute Gasteiger partial charge is 0.347 e. The average Bonchev–Trinajstić information content (AvgIpc) is 3.33. The van der Waals surface area contributed by atoms with E-state index in [-0.39, 0.29) is 28.5 Å². The van der Waals surface area contributed by atoms with Crippen LogP contribution in [0.25, 0.3) is 0 Å². The highest BCUT2D eigenvalue weighted by atomic mass is 32.2. The normalized spacial score (nSPS) is 24.5. The lowest BCUT2D eigenvalue weighted by atomic mass is 9.94. The summed E-state index contributed by atoms with van der Waals surface area (Å²) < 4.78 is 53.8. The van der Waals surface area contributed by atoms with Crippen molar-refractivity contribution in [1.29, 1.82) is 0 Å². The van der Waals surface area contributed by atoms with Gasteiger partial charge in [-0.2, -0.15) is 4.31 Å². The van der Waals surface area contributed by atoms with Crippen LogP contribution >= 0.6 is 11.8 Å². The van der Waals surface area contributed by atoms with E-state index >= 15 is 0 Å². The molecule has 0 N–H and O–H groups in total. The van der Waals surface area contributed by atoms with E-state index in [9.17, 15) is 17.6 Å². The second-order valence-electron chi connectivity index (χ2n) is 10.4. The molecule has 37 heavy (non-hydrogen) atoms. The Bertz CT molecular complexity index is 1230. The molecule has 3 aliphatic rings. The van der Waals surface area contributed by atoms with E-state index in [2.05, 4.69) is 13.8 Å². The Kier molecular flexibility index (Phi) is 7.66. The van der Waals surface area contributed by atoms with E-state index in [1.54, 1.807) is 33.5 Å². The Morgan fingerprint density at radius 1 is 1.00 bits per heavy atom. The number of rotatable bonds is 5. The highest BCUT2D eigenvalue weighted by Crippen LogP contribution is 2.36. The second-order valence-corrected chi connectivity index (χ2v) is 13.4. The van der Waals surface area contributed by atoms with E-state index in [1.807, 2.05) is 0 Å². The number of ether oxygens (including phenoxy) is 2. The Labute approximate surface area is 222 Å². The number of hydrogen-bond acceptors (Lipinski definition) is 6. The summed E-state index contributed by atoms with van der Waals surface area (Å²) in [6.07, 6.45) is 2.13. The smallest absolute Gasteiger partial charge is 0.255 e. The fraction of sp³-hybridized carbons (Fsp3) is 0.519. The molecule has 7 nitrogen and oxygen atoms in total. The Morgan fingerprint density at radius 2 is 1.62 bits per heavy atom. The molecule has 1 amide bonds. The van der Waals surface area contributed by atoms with Crippen LogP contribution in [0.3, 0.4) is 0 Å². The summed E-state index contributed by atoms with van der Waals surface area (Å²) in [6, 6.07) is 10.8. The van der Waals surface area contributed by atoms with Gasteiger partial charge in [0.1, 0.15) is 5.82 Å². The zero-order valence-electron chi connectivity index (χ0n) is 21.2. The molecule has 5 rings (SSSR count). The van der Waals surface area contributed by atoms with Gasteiger partial charge in [-0.1, -0.05) is 25.6 Å². The highest BCUT2D eigenvalue weighted by Gasteiger charge is 2.41. The number of piperidine rings is 2. The van der Waals surface area contributed by atoms with Gasteiger partial charge in [-0.25, -0.2) is 12.8 Å². The minimum atomic E-state index is -3.76. The van der Waals surface area contributed by atoms with Crippen LogP contribution in [-0.2, 0) is 19.5 Å². The highest BCUT2D eigenvalue weighted by molar-refractivity contribution is 7.99. The fourth-order valence-corrected chi connectivity index (χ4v) is 8.14. The maximum absolute atomic E-state index is 13.8. The topological polar surface area (TPSA) is 76.2 Å². The summed E-state index contributed by atoms with van der Waals surface area (Å²) >= 11 is 1.32. The Balaban J connectivity index is 1.45. The van der Waals surface area contributed by atoms with Gasteiger partial charge in [0.05, 0.1) is 23.7 Å². The number of likely N-dealkylation sites (tertiary alicyclic amines) is 1. The van der Waals surface area contributed by atoms with Gasteiger partial charge in [0, 0.05) is 48.8 Å². The number of halogens is 1. The molecular formula is C27H33FN2O5S2. The minimum Gasteiger partial charge on any atom is -0.347 e. The van der Waals surface area contributed by atoms with Gasteiger partial charge < -0.3 is 14.4 Å². The molecule has 0 bridgehead atoms. The first-order valence-corrected chi connectivity index (χ1v) is 15.1. The molecule has 0 aliphatic carbocycles. The van der Waals surface area contributed by atoms with Crippen molar-refractivity contribution in [2.75, 3.05) is 39.4 Å². The quantitative estimate of drug-likeness (QED) is 0.543. The fourth-order valence-electron chi connectivity index (χ4n) is 5.51. The average molecular weight is 549 g/mol. The monoisotopic (exact) mass is 548 g/mol. The SMILES string of the molecule is CC1CC(C)CN(S(=O)(=O)c2ccc(Sc3ccc(F)cc3)c(C(=O)N3CCC4(CC3)OCCO4)c2)C1. The van der Waals surface area contributed by atoms with Crippen molar-refractivity contribution in [3.8, 4) is 0 Å². The lowest BCUT2D eigenvalue weighted by Crippen LogP contribution is -2.47. The third kappa shape index (κ3) is 5.73. The predicted octanol–water partition coefficient (Wildman–Crippen LogP) is 4.62. The van der Waals surface area contributed by atoms with Crippen molar-refractivity contribution in [3.05, 3.63) is 53.8 Å². The van der Waals surface area contributed by atoms with Gasteiger partial charge in [0.15, 0.2) is 5.79 Å². The molecule has 3 aliphatic heterocycles. The van der Waals surface area contributed by atoms with Crippen LogP contribution in [0.2, 0.25) is 0 Å². The van der Waals surface area contributed by atoms with Crippen LogP contribution in [-0.4, -0.2) is 68.7 Å².